The van der Waals surface area contributed by atoms with Gasteiger partial charge in [-0.05, 0) is 48.9 Å². The average molecular weight is 473 g/mol. The number of nitrogens with zero attached hydrogens (tertiary/aromatic N) is 4. The number of para-hydroxylation sites is 2. The summed E-state index contributed by atoms with van der Waals surface area (Å²) in [6.45, 7) is 3.07. The normalized spacial score (nSPS) is 14.2. The van der Waals surface area contributed by atoms with E-state index in [1.807, 2.05) is 88.7 Å². The topological polar surface area (TPSA) is 52.3 Å². The van der Waals surface area contributed by atoms with Crippen molar-refractivity contribution < 1.29 is 9.53 Å². The lowest BCUT2D eigenvalue weighted by atomic mass is 9.87. The first-order valence-electron chi connectivity index (χ1n) is 12.1. The molecular weight excluding hydrogens is 448 g/mol. The minimum absolute atomic E-state index is 0.0664. The van der Waals surface area contributed by atoms with Crippen molar-refractivity contribution in [2.45, 2.75) is 25.9 Å². The van der Waals surface area contributed by atoms with Crippen molar-refractivity contribution in [2.75, 3.05) is 0 Å². The van der Waals surface area contributed by atoms with E-state index in [0.717, 1.165) is 45.4 Å². The number of aromatic nitrogens is 3. The van der Waals surface area contributed by atoms with Crippen LogP contribution >= 0.6 is 0 Å². The lowest BCUT2D eigenvalue weighted by Gasteiger charge is -2.30. The highest BCUT2D eigenvalue weighted by molar-refractivity contribution is 5.90. The van der Waals surface area contributed by atoms with E-state index in [2.05, 4.69) is 29.7 Å². The fourth-order valence-corrected chi connectivity index (χ4v) is 5.40. The van der Waals surface area contributed by atoms with Crippen LogP contribution in [0.4, 0.5) is 0 Å². The van der Waals surface area contributed by atoms with Crippen molar-refractivity contribution in [3.63, 3.8) is 0 Å². The summed E-state index contributed by atoms with van der Waals surface area (Å²) in [5.41, 5.74) is 6.01. The molecule has 0 unspecified atom stereocenters. The predicted octanol–water partition coefficient (Wildman–Crippen LogP) is 5.75. The molecule has 0 saturated carbocycles. The van der Waals surface area contributed by atoms with E-state index in [9.17, 15) is 4.79 Å². The molecule has 4 heterocycles. The van der Waals surface area contributed by atoms with Crippen LogP contribution in [0, 0.1) is 6.92 Å². The van der Waals surface area contributed by atoms with Gasteiger partial charge < -0.3 is 14.2 Å². The van der Waals surface area contributed by atoms with Crippen molar-refractivity contribution in [3.8, 4) is 23.0 Å². The van der Waals surface area contributed by atoms with Gasteiger partial charge in [-0.3, -0.25) is 4.79 Å². The van der Waals surface area contributed by atoms with E-state index in [1.165, 1.54) is 5.56 Å². The van der Waals surface area contributed by atoms with Gasteiger partial charge in [0.05, 0.1) is 30.4 Å². The molecule has 0 bridgehead atoms. The number of fused-ring (bicyclic) bond motifs is 3. The summed E-state index contributed by atoms with van der Waals surface area (Å²) in [6.07, 6.45) is 4.05. The number of rotatable bonds is 3. The third-order valence-electron chi connectivity index (χ3n) is 7.06. The lowest BCUT2D eigenvalue weighted by molar-refractivity contribution is -0.132. The highest BCUT2D eigenvalue weighted by atomic mass is 16.5. The second-order valence-corrected chi connectivity index (χ2v) is 9.40. The zero-order valence-electron chi connectivity index (χ0n) is 19.8. The van der Waals surface area contributed by atoms with Gasteiger partial charge in [-0.15, -0.1) is 0 Å². The van der Waals surface area contributed by atoms with Gasteiger partial charge in [-0.25, -0.2) is 4.68 Å². The molecule has 6 heteroatoms. The van der Waals surface area contributed by atoms with Crippen molar-refractivity contribution in [3.05, 3.63) is 125 Å². The minimum atomic E-state index is -0.408. The molecule has 5 aromatic rings. The van der Waals surface area contributed by atoms with Crippen molar-refractivity contribution >= 4 is 5.91 Å². The van der Waals surface area contributed by atoms with Crippen LogP contribution < -0.4 is 4.74 Å². The molecule has 36 heavy (non-hydrogen) atoms. The number of benzene rings is 3. The summed E-state index contributed by atoms with van der Waals surface area (Å²) >= 11 is 0. The fourth-order valence-electron chi connectivity index (χ4n) is 5.40. The smallest absolute Gasteiger partial charge is 0.235 e. The molecular formula is C30H24N4O2. The Kier molecular flexibility index (Phi) is 4.61. The van der Waals surface area contributed by atoms with Gasteiger partial charge in [0.15, 0.2) is 0 Å². The quantitative estimate of drug-likeness (QED) is 0.336. The zero-order valence-corrected chi connectivity index (χ0v) is 19.8. The van der Waals surface area contributed by atoms with Crippen LogP contribution in [-0.2, 0) is 17.9 Å². The first-order chi connectivity index (χ1) is 17.7. The van der Waals surface area contributed by atoms with E-state index in [4.69, 9.17) is 9.84 Å². The van der Waals surface area contributed by atoms with Crippen LogP contribution in [0.15, 0.2) is 97.3 Å². The Hall–Kier alpha value is -4.58. The third-order valence-corrected chi connectivity index (χ3v) is 7.06. The summed E-state index contributed by atoms with van der Waals surface area (Å²) in [5.74, 6) is 2.11. The van der Waals surface area contributed by atoms with Gasteiger partial charge in [0.25, 0.3) is 0 Å². The van der Waals surface area contributed by atoms with Crippen LogP contribution in [-0.4, -0.2) is 25.2 Å². The Morgan fingerprint density at radius 3 is 2.25 bits per heavy atom. The maximum absolute atomic E-state index is 14.1. The Labute approximate surface area is 209 Å². The summed E-state index contributed by atoms with van der Waals surface area (Å²) in [5, 5.41) is 5.00. The fraction of sp³-hybridized carbons (Fsp3) is 0.133. The SMILES string of the molecule is Cc1cccc(-n2nc3c(c2-n2cccc2)CN(C(=O)C2c4ccccc4Oc4ccccc42)C3)c1. The van der Waals surface area contributed by atoms with Gasteiger partial charge in [0.1, 0.15) is 17.3 Å². The van der Waals surface area contributed by atoms with Crippen molar-refractivity contribution in [2.24, 2.45) is 0 Å². The number of carbonyl (C=O) groups excluding carboxylic acids is 1. The monoisotopic (exact) mass is 472 g/mol. The van der Waals surface area contributed by atoms with Crippen LogP contribution in [0.3, 0.4) is 0 Å². The molecule has 6 nitrogen and oxygen atoms in total. The van der Waals surface area contributed by atoms with E-state index in [0.29, 0.717) is 13.1 Å². The molecule has 2 aromatic heterocycles. The molecule has 2 aliphatic heterocycles. The Bertz CT molecular complexity index is 1570. The van der Waals surface area contributed by atoms with Crippen molar-refractivity contribution in [1.29, 1.82) is 0 Å². The number of hydrogen-bond donors (Lipinski definition) is 0. The van der Waals surface area contributed by atoms with Gasteiger partial charge in [-0.1, -0.05) is 48.5 Å². The number of hydrogen-bond acceptors (Lipinski definition) is 3. The molecule has 176 valence electrons. The Balaban J connectivity index is 1.29. The third kappa shape index (κ3) is 3.18. The molecule has 0 fully saturated rings. The van der Waals surface area contributed by atoms with Gasteiger partial charge in [-0.2, -0.15) is 5.10 Å². The highest BCUT2D eigenvalue weighted by Crippen LogP contribution is 2.45. The molecule has 3 aromatic carbocycles. The maximum Gasteiger partial charge on any atom is 0.235 e. The molecule has 2 aliphatic rings. The molecule has 0 atom stereocenters. The lowest BCUT2D eigenvalue weighted by Crippen LogP contribution is -2.33. The number of ether oxygens (including phenoxy) is 1. The van der Waals surface area contributed by atoms with Crippen LogP contribution in [0.2, 0.25) is 0 Å². The summed E-state index contributed by atoms with van der Waals surface area (Å²) in [7, 11) is 0. The summed E-state index contributed by atoms with van der Waals surface area (Å²) in [6, 6.07) is 28.0. The molecule has 0 spiro atoms. The summed E-state index contributed by atoms with van der Waals surface area (Å²) in [4.78, 5) is 16.0. The first kappa shape index (κ1) is 20.8. The van der Waals surface area contributed by atoms with E-state index in [1.54, 1.807) is 0 Å². The molecule has 0 N–H and O–H groups in total. The second-order valence-electron chi connectivity index (χ2n) is 9.40. The highest BCUT2D eigenvalue weighted by Gasteiger charge is 2.39. The van der Waals surface area contributed by atoms with Crippen LogP contribution in [0.25, 0.3) is 11.5 Å². The molecule has 0 radical (unpaired) electrons. The van der Waals surface area contributed by atoms with Crippen LogP contribution in [0.5, 0.6) is 11.5 Å². The average Bonchev–Trinajstić information content (AvgIpc) is 3.63. The van der Waals surface area contributed by atoms with E-state index >= 15 is 0 Å². The number of amides is 1. The molecule has 1 amide bonds. The Morgan fingerprint density at radius 1 is 0.861 bits per heavy atom. The largest absolute Gasteiger partial charge is 0.457 e. The van der Waals surface area contributed by atoms with Gasteiger partial charge in [0, 0.05) is 29.1 Å². The Morgan fingerprint density at radius 2 is 1.56 bits per heavy atom. The number of aryl methyl sites for hydroxylation is 1. The first-order valence-corrected chi connectivity index (χ1v) is 12.1. The van der Waals surface area contributed by atoms with Gasteiger partial charge in [0.2, 0.25) is 5.91 Å². The predicted molar refractivity (Wildman–Crippen MR) is 137 cm³/mol. The molecule has 0 aliphatic carbocycles. The van der Waals surface area contributed by atoms with Crippen molar-refractivity contribution in [1.82, 2.24) is 19.2 Å². The van der Waals surface area contributed by atoms with E-state index < -0.39 is 5.92 Å². The number of carbonyl (C=O) groups is 1. The standard InChI is InChI=1S/C30H24N4O2/c1-20-9-8-10-21(17-20)34-29(32-15-6-7-16-32)24-18-33(19-25(24)31-34)30(35)28-22-11-2-4-13-26(22)36-27-14-5-3-12-23(27)28/h2-17,28H,18-19H2,1H3. The molecule has 0 saturated heterocycles. The van der Waals surface area contributed by atoms with E-state index in [-0.39, 0.29) is 5.91 Å². The molecule has 7 rings (SSSR count). The second kappa shape index (κ2) is 7.99. The zero-order chi connectivity index (χ0) is 24.2. The van der Waals surface area contributed by atoms with Crippen LogP contribution in [0.1, 0.15) is 33.9 Å². The minimum Gasteiger partial charge on any atom is -0.457 e. The summed E-state index contributed by atoms with van der Waals surface area (Å²) < 4.78 is 10.2. The van der Waals surface area contributed by atoms with Gasteiger partial charge >= 0.3 is 0 Å². The maximum atomic E-state index is 14.1.